The van der Waals surface area contributed by atoms with Crippen molar-refractivity contribution in [1.82, 2.24) is 4.90 Å². The Morgan fingerprint density at radius 3 is 2.57 bits per heavy atom. The average molecular weight is 290 g/mol. The van der Waals surface area contributed by atoms with Gasteiger partial charge in [0, 0.05) is 31.9 Å². The van der Waals surface area contributed by atoms with Gasteiger partial charge in [-0.1, -0.05) is 12.1 Å². The quantitative estimate of drug-likeness (QED) is 0.794. The molecule has 1 heterocycles. The van der Waals surface area contributed by atoms with Gasteiger partial charge in [0.15, 0.2) is 0 Å². The number of carbonyl (C=O) groups is 1. The van der Waals surface area contributed by atoms with Crippen LogP contribution in [0, 0.1) is 6.92 Å². The lowest BCUT2D eigenvalue weighted by atomic mass is 10.2. The van der Waals surface area contributed by atoms with Crippen LogP contribution in [0.2, 0.25) is 0 Å². The summed E-state index contributed by atoms with van der Waals surface area (Å²) in [7, 11) is 0. The Balaban J connectivity index is 1.97. The van der Waals surface area contributed by atoms with Crippen LogP contribution < -0.4 is 4.90 Å². The fourth-order valence-corrected chi connectivity index (χ4v) is 2.51. The van der Waals surface area contributed by atoms with Gasteiger partial charge in [-0.25, -0.2) is 4.79 Å². The Morgan fingerprint density at radius 2 is 1.90 bits per heavy atom. The summed E-state index contributed by atoms with van der Waals surface area (Å²) in [5.41, 5.74) is 2.07. The van der Waals surface area contributed by atoms with E-state index in [0.717, 1.165) is 26.1 Å². The van der Waals surface area contributed by atoms with E-state index < -0.39 is 5.60 Å². The van der Waals surface area contributed by atoms with Gasteiger partial charge >= 0.3 is 6.09 Å². The molecule has 1 aliphatic heterocycles. The molecule has 1 fully saturated rings. The van der Waals surface area contributed by atoms with E-state index in [1.807, 2.05) is 25.7 Å². The summed E-state index contributed by atoms with van der Waals surface area (Å²) < 4.78 is 5.46. The maximum absolute atomic E-state index is 12.1. The van der Waals surface area contributed by atoms with Crippen molar-refractivity contribution in [3.63, 3.8) is 0 Å². The van der Waals surface area contributed by atoms with Gasteiger partial charge in [-0.05, 0) is 51.8 Å². The van der Waals surface area contributed by atoms with Crippen molar-refractivity contribution < 1.29 is 9.53 Å². The molecule has 0 unspecified atom stereocenters. The molecule has 0 spiro atoms. The summed E-state index contributed by atoms with van der Waals surface area (Å²) in [5.74, 6) is 0. The second kappa shape index (κ2) is 6.37. The topological polar surface area (TPSA) is 32.8 Å². The van der Waals surface area contributed by atoms with E-state index in [2.05, 4.69) is 36.1 Å². The van der Waals surface area contributed by atoms with Gasteiger partial charge < -0.3 is 14.5 Å². The maximum Gasteiger partial charge on any atom is 0.410 e. The summed E-state index contributed by atoms with van der Waals surface area (Å²) in [6.07, 6.45) is 0.765. The minimum Gasteiger partial charge on any atom is -0.444 e. The number of hydrogen-bond acceptors (Lipinski definition) is 3. The van der Waals surface area contributed by atoms with Crippen molar-refractivity contribution >= 4 is 11.8 Å². The number of anilines is 1. The first-order valence-electron chi connectivity index (χ1n) is 7.65. The van der Waals surface area contributed by atoms with Crippen molar-refractivity contribution in [2.75, 3.05) is 31.1 Å². The first-order chi connectivity index (χ1) is 9.85. The van der Waals surface area contributed by atoms with Crippen LogP contribution in [0.3, 0.4) is 0 Å². The zero-order valence-corrected chi connectivity index (χ0v) is 13.6. The highest BCUT2D eigenvalue weighted by Gasteiger charge is 2.24. The number of ether oxygens (including phenoxy) is 1. The Kier molecular flexibility index (Phi) is 4.76. The van der Waals surface area contributed by atoms with E-state index in [4.69, 9.17) is 4.74 Å². The summed E-state index contributed by atoms with van der Waals surface area (Å²) >= 11 is 0. The average Bonchev–Trinajstić information content (AvgIpc) is 2.62. The van der Waals surface area contributed by atoms with Crippen LogP contribution in [0.15, 0.2) is 24.3 Å². The summed E-state index contributed by atoms with van der Waals surface area (Å²) in [6, 6.07) is 8.52. The standard InChI is InChI=1S/C17H26N2O2/c1-14-7-5-8-15(13-14)18-9-6-10-19(12-11-18)16(20)21-17(2,3)4/h5,7-8,13H,6,9-12H2,1-4H3. The molecule has 1 aromatic carbocycles. The minimum atomic E-state index is -0.431. The molecule has 1 aromatic rings. The van der Waals surface area contributed by atoms with Gasteiger partial charge in [0.05, 0.1) is 0 Å². The molecule has 2 rings (SSSR count). The lowest BCUT2D eigenvalue weighted by Gasteiger charge is -2.27. The van der Waals surface area contributed by atoms with Crippen LogP contribution in [0.1, 0.15) is 32.8 Å². The zero-order valence-electron chi connectivity index (χ0n) is 13.6. The van der Waals surface area contributed by atoms with Gasteiger partial charge in [0.25, 0.3) is 0 Å². The van der Waals surface area contributed by atoms with Crippen LogP contribution in [-0.4, -0.2) is 42.8 Å². The molecular weight excluding hydrogens is 264 g/mol. The predicted octanol–water partition coefficient (Wildman–Crippen LogP) is 3.44. The minimum absolute atomic E-state index is 0.200. The number of rotatable bonds is 1. The highest BCUT2D eigenvalue weighted by molar-refractivity contribution is 5.68. The third-order valence-corrected chi connectivity index (χ3v) is 3.51. The number of carbonyl (C=O) groups excluding carboxylic acids is 1. The molecule has 0 aliphatic carbocycles. The fourth-order valence-electron chi connectivity index (χ4n) is 2.51. The molecule has 0 radical (unpaired) electrons. The Bertz CT molecular complexity index is 494. The Hall–Kier alpha value is -1.71. The van der Waals surface area contributed by atoms with E-state index in [9.17, 15) is 4.79 Å². The number of nitrogens with zero attached hydrogens (tertiary/aromatic N) is 2. The third-order valence-electron chi connectivity index (χ3n) is 3.51. The van der Waals surface area contributed by atoms with Gasteiger partial charge in [0.1, 0.15) is 5.60 Å². The number of amides is 1. The molecule has 1 saturated heterocycles. The first-order valence-corrected chi connectivity index (χ1v) is 7.65. The van der Waals surface area contributed by atoms with Crippen LogP contribution in [0.25, 0.3) is 0 Å². The first kappa shape index (κ1) is 15.7. The number of hydrogen-bond donors (Lipinski definition) is 0. The fraction of sp³-hybridized carbons (Fsp3) is 0.588. The van der Waals surface area contributed by atoms with E-state index in [0.29, 0.717) is 6.54 Å². The summed E-state index contributed by atoms with van der Waals surface area (Å²) in [6.45, 7) is 11.1. The molecule has 4 heteroatoms. The van der Waals surface area contributed by atoms with Gasteiger partial charge in [-0.2, -0.15) is 0 Å². The molecule has 0 N–H and O–H groups in total. The van der Waals surface area contributed by atoms with E-state index in [-0.39, 0.29) is 6.09 Å². The second-order valence-corrected chi connectivity index (χ2v) is 6.65. The van der Waals surface area contributed by atoms with Crippen LogP contribution >= 0.6 is 0 Å². The van der Waals surface area contributed by atoms with Crippen LogP contribution in [-0.2, 0) is 4.74 Å². The molecule has 4 nitrogen and oxygen atoms in total. The van der Waals surface area contributed by atoms with E-state index in [1.165, 1.54) is 11.3 Å². The molecule has 1 aliphatic rings. The van der Waals surface area contributed by atoms with Crippen LogP contribution in [0.4, 0.5) is 10.5 Å². The molecule has 0 aromatic heterocycles. The zero-order chi connectivity index (χ0) is 15.5. The molecule has 21 heavy (non-hydrogen) atoms. The Morgan fingerprint density at radius 1 is 1.14 bits per heavy atom. The Labute approximate surface area is 127 Å². The largest absolute Gasteiger partial charge is 0.444 e. The maximum atomic E-state index is 12.1. The van der Waals surface area contributed by atoms with Crippen molar-refractivity contribution in [3.05, 3.63) is 29.8 Å². The van der Waals surface area contributed by atoms with E-state index in [1.54, 1.807) is 0 Å². The highest BCUT2D eigenvalue weighted by atomic mass is 16.6. The van der Waals surface area contributed by atoms with Crippen molar-refractivity contribution in [2.24, 2.45) is 0 Å². The van der Waals surface area contributed by atoms with Crippen molar-refractivity contribution in [1.29, 1.82) is 0 Å². The smallest absolute Gasteiger partial charge is 0.410 e. The third kappa shape index (κ3) is 4.66. The molecule has 116 valence electrons. The van der Waals surface area contributed by atoms with Gasteiger partial charge in [-0.15, -0.1) is 0 Å². The van der Waals surface area contributed by atoms with Crippen LogP contribution in [0.5, 0.6) is 0 Å². The molecule has 0 bridgehead atoms. The molecular formula is C17H26N2O2. The second-order valence-electron chi connectivity index (χ2n) is 6.65. The van der Waals surface area contributed by atoms with E-state index >= 15 is 0 Å². The predicted molar refractivity (Wildman–Crippen MR) is 85.8 cm³/mol. The molecule has 1 amide bonds. The van der Waals surface area contributed by atoms with Gasteiger partial charge in [0.2, 0.25) is 0 Å². The lowest BCUT2D eigenvalue weighted by Crippen LogP contribution is -2.39. The number of aryl methyl sites for hydroxylation is 1. The summed E-state index contributed by atoms with van der Waals surface area (Å²) in [5, 5.41) is 0. The van der Waals surface area contributed by atoms with Crippen molar-refractivity contribution in [3.8, 4) is 0 Å². The molecule has 0 atom stereocenters. The SMILES string of the molecule is Cc1cccc(N2CCCN(C(=O)OC(C)(C)C)CC2)c1. The summed E-state index contributed by atoms with van der Waals surface area (Å²) in [4.78, 5) is 16.3. The lowest BCUT2D eigenvalue weighted by molar-refractivity contribution is 0.0263. The van der Waals surface area contributed by atoms with Crippen molar-refractivity contribution in [2.45, 2.75) is 39.7 Å². The number of benzene rings is 1. The van der Waals surface area contributed by atoms with Gasteiger partial charge in [-0.3, -0.25) is 0 Å². The molecule has 0 saturated carbocycles. The highest BCUT2D eigenvalue weighted by Crippen LogP contribution is 2.19. The monoisotopic (exact) mass is 290 g/mol. The normalized spacial score (nSPS) is 16.6.